The van der Waals surface area contributed by atoms with Gasteiger partial charge in [0.15, 0.2) is 0 Å². The monoisotopic (exact) mass is 350 g/mol. The van der Waals surface area contributed by atoms with Crippen molar-refractivity contribution in [3.05, 3.63) is 27.6 Å². The summed E-state index contributed by atoms with van der Waals surface area (Å²) < 4.78 is 18.9. The number of carbonyl (C=O) groups is 1. The summed E-state index contributed by atoms with van der Waals surface area (Å²) in [6, 6.07) is 4.24. The Bertz CT molecular complexity index is 422. The Hall–Kier alpha value is -0.730. The first-order valence-corrected chi connectivity index (χ1v) is 6.33. The van der Waals surface area contributed by atoms with Crippen molar-refractivity contribution in [3.63, 3.8) is 0 Å². The van der Waals surface area contributed by atoms with Crippen LogP contribution in [0, 0.1) is 9.39 Å². The number of morpholine rings is 1. The molecule has 0 saturated carbocycles. The van der Waals surface area contributed by atoms with Gasteiger partial charge in [0.1, 0.15) is 11.9 Å². The van der Waals surface area contributed by atoms with Crippen molar-refractivity contribution in [1.29, 1.82) is 0 Å². The molecule has 1 aromatic rings. The van der Waals surface area contributed by atoms with Gasteiger partial charge < -0.3 is 15.4 Å². The van der Waals surface area contributed by atoms with Gasteiger partial charge in [0.05, 0.1) is 12.3 Å². The molecule has 92 valence electrons. The molecule has 0 spiro atoms. The van der Waals surface area contributed by atoms with E-state index >= 15 is 0 Å². The molecule has 1 fully saturated rings. The maximum absolute atomic E-state index is 12.9. The number of ether oxygens (including phenoxy) is 1. The van der Waals surface area contributed by atoms with E-state index in [-0.39, 0.29) is 11.7 Å². The highest BCUT2D eigenvalue weighted by Crippen LogP contribution is 2.19. The lowest BCUT2D eigenvalue weighted by Gasteiger charge is -2.22. The minimum atomic E-state index is -0.482. The third kappa shape index (κ3) is 3.36. The maximum atomic E-state index is 12.9. The molecule has 6 heteroatoms. The standard InChI is InChI=1S/C11H12FIN2O2/c12-7-1-2-9(8(13)5-7)15-11(16)10-6-14-3-4-17-10/h1-2,5,10,14H,3-4,6H2,(H,15,16). The fourth-order valence-corrected chi connectivity index (χ4v) is 2.15. The van der Waals surface area contributed by atoms with Crippen LogP contribution in [0.25, 0.3) is 0 Å². The lowest BCUT2D eigenvalue weighted by molar-refractivity contribution is -0.128. The first-order valence-electron chi connectivity index (χ1n) is 5.25. The van der Waals surface area contributed by atoms with Gasteiger partial charge in [-0.2, -0.15) is 0 Å². The Morgan fingerprint density at radius 3 is 3.06 bits per heavy atom. The van der Waals surface area contributed by atoms with Gasteiger partial charge >= 0.3 is 0 Å². The minimum Gasteiger partial charge on any atom is -0.366 e. The SMILES string of the molecule is O=C(Nc1ccc(F)cc1I)C1CNCCO1. The summed E-state index contributed by atoms with van der Waals surface area (Å²) in [7, 11) is 0. The van der Waals surface area contributed by atoms with E-state index in [1.54, 1.807) is 6.07 Å². The second-order valence-electron chi connectivity index (χ2n) is 3.68. The summed E-state index contributed by atoms with van der Waals surface area (Å²) in [5.41, 5.74) is 0.603. The highest BCUT2D eigenvalue weighted by molar-refractivity contribution is 14.1. The number of rotatable bonds is 2. The van der Waals surface area contributed by atoms with E-state index < -0.39 is 6.10 Å². The molecule has 2 N–H and O–H groups in total. The second kappa shape index (κ2) is 5.74. The van der Waals surface area contributed by atoms with Crippen LogP contribution >= 0.6 is 22.6 Å². The van der Waals surface area contributed by atoms with E-state index in [1.165, 1.54) is 12.1 Å². The lowest BCUT2D eigenvalue weighted by Crippen LogP contribution is -2.45. The summed E-state index contributed by atoms with van der Waals surface area (Å²) in [6.45, 7) is 1.79. The van der Waals surface area contributed by atoms with Crippen molar-refractivity contribution in [2.45, 2.75) is 6.10 Å². The van der Waals surface area contributed by atoms with Gasteiger partial charge in [-0.3, -0.25) is 4.79 Å². The molecule has 1 aliphatic rings. The molecule has 1 aromatic carbocycles. The van der Waals surface area contributed by atoms with Crippen LogP contribution < -0.4 is 10.6 Å². The predicted octanol–water partition coefficient (Wildman–Crippen LogP) is 1.36. The Labute approximate surface area is 112 Å². The van der Waals surface area contributed by atoms with E-state index in [1.807, 2.05) is 22.6 Å². The molecule has 0 radical (unpaired) electrons. The number of anilines is 1. The smallest absolute Gasteiger partial charge is 0.254 e. The van der Waals surface area contributed by atoms with Gasteiger partial charge in [-0.05, 0) is 40.8 Å². The van der Waals surface area contributed by atoms with Gasteiger partial charge in [-0.1, -0.05) is 0 Å². The van der Waals surface area contributed by atoms with Gasteiger partial charge in [0, 0.05) is 16.7 Å². The molecular formula is C11H12FIN2O2. The molecular weight excluding hydrogens is 338 g/mol. The van der Waals surface area contributed by atoms with Crippen molar-refractivity contribution in [1.82, 2.24) is 5.32 Å². The fourth-order valence-electron chi connectivity index (χ4n) is 1.54. The summed E-state index contributed by atoms with van der Waals surface area (Å²) in [6.07, 6.45) is -0.482. The molecule has 17 heavy (non-hydrogen) atoms. The minimum absolute atomic E-state index is 0.207. The summed E-state index contributed by atoms with van der Waals surface area (Å²) >= 11 is 1.98. The Morgan fingerprint density at radius 1 is 1.59 bits per heavy atom. The van der Waals surface area contributed by atoms with Crippen LogP contribution in [-0.4, -0.2) is 31.7 Å². The number of benzene rings is 1. The quantitative estimate of drug-likeness (QED) is 0.792. The van der Waals surface area contributed by atoms with E-state index in [0.29, 0.717) is 22.4 Å². The molecule has 4 nitrogen and oxygen atoms in total. The molecule has 1 saturated heterocycles. The number of nitrogens with one attached hydrogen (secondary N) is 2. The number of halogens is 2. The second-order valence-corrected chi connectivity index (χ2v) is 4.84. The molecule has 1 aliphatic heterocycles. The van der Waals surface area contributed by atoms with Crippen LogP contribution in [0.3, 0.4) is 0 Å². The summed E-state index contributed by atoms with van der Waals surface area (Å²) in [4.78, 5) is 11.8. The van der Waals surface area contributed by atoms with Gasteiger partial charge in [-0.15, -0.1) is 0 Å². The highest BCUT2D eigenvalue weighted by atomic mass is 127. The van der Waals surface area contributed by atoms with E-state index in [2.05, 4.69) is 10.6 Å². The number of hydrogen-bond acceptors (Lipinski definition) is 3. The largest absolute Gasteiger partial charge is 0.366 e. The number of hydrogen-bond donors (Lipinski definition) is 2. The van der Waals surface area contributed by atoms with Gasteiger partial charge in [-0.25, -0.2) is 4.39 Å². The Kier molecular flexibility index (Phi) is 4.30. The Morgan fingerprint density at radius 2 is 2.41 bits per heavy atom. The third-order valence-corrected chi connectivity index (χ3v) is 3.30. The van der Waals surface area contributed by atoms with E-state index in [4.69, 9.17) is 4.74 Å². The zero-order valence-corrected chi connectivity index (χ0v) is 11.2. The van der Waals surface area contributed by atoms with Gasteiger partial charge in [0.2, 0.25) is 0 Å². The van der Waals surface area contributed by atoms with Crippen LogP contribution in [0.5, 0.6) is 0 Å². The fraction of sp³-hybridized carbons (Fsp3) is 0.364. The van der Waals surface area contributed by atoms with Crippen molar-refractivity contribution < 1.29 is 13.9 Å². The molecule has 1 unspecified atom stereocenters. The predicted molar refractivity (Wildman–Crippen MR) is 70.4 cm³/mol. The van der Waals surface area contributed by atoms with Crippen LogP contribution in [-0.2, 0) is 9.53 Å². The molecule has 2 rings (SSSR count). The first kappa shape index (κ1) is 12.7. The van der Waals surface area contributed by atoms with E-state index in [0.717, 1.165) is 6.54 Å². The summed E-state index contributed by atoms with van der Waals surface area (Å²) in [5.74, 6) is -0.523. The van der Waals surface area contributed by atoms with E-state index in [9.17, 15) is 9.18 Å². The van der Waals surface area contributed by atoms with Crippen LogP contribution in [0.4, 0.5) is 10.1 Å². The average molecular weight is 350 g/mol. The third-order valence-electron chi connectivity index (χ3n) is 2.41. The number of amides is 1. The molecule has 0 bridgehead atoms. The zero-order valence-electron chi connectivity index (χ0n) is 9.00. The van der Waals surface area contributed by atoms with Crippen LogP contribution in [0.2, 0.25) is 0 Å². The van der Waals surface area contributed by atoms with Crippen molar-refractivity contribution in [2.24, 2.45) is 0 Å². The highest BCUT2D eigenvalue weighted by Gasteiger charge is 2.22. The normalized spacial score (nSPS) is 20.0. The molecule has 1 amide bonds. The van der Waals surface area contributed by atoms with Gasteiger partial charge in [0.25, 0.3) is 5.91 Å². The molecule has 1 atom stereocenters. The van der Waals surface area contributed by atoms with Crippen molar-refractivity contribution in [3.8, 4) is 0 Å². The number of carbonyl (C=O) groups excluding carboxylic acids is 1. The first-order chi connectivity index (χ1) is 8.16. The maximum Gasteiger partial charge on any atom is 0.254 e. The average Bonchev–Trinajstić information content (AvgIpc) is 2.34. The van der Waals surface area contributed by atoms with Crippen LogP contribution in [0.15, 0.2) is 18.2 Å². The molecule has 1 heterocycles. The molecule has 0 aliphatic carbocycles. The van der Waals surface area contributed by atoms with Crippen molar-refractivity contribution in [2.75, 3.05) is 25.0 Å². The van der Waals surface area contributed by atoms with Crippen LogP contribution in [0.1, 0.15) is 0 Å². The van der Waals surface area contributed by atoms with Crippen molar-refractivity contribution >= 4 is 34.2 Å². The summed E-state index contributed by atoms with van der Waals surface area (Å²) in [5, 5.41) is 5.81. The Balaban J connectivity index is 2.02. The molecule has 0 aromatic heterocycles. The topological polar surface area (TPSA) is 50.4 Å². The lowest BCUT2D eigenvalue weighted by atomic mass is 10.2. The zero-order chi connectivity index (χ0) is 12.3.